The summed E-state index contributed by atoms with van der Waals surface area (Å²) in [4.78, 5) is 26.7. The van der Waals surface area contributed by atoms with Crippen LogP contribution >= 0.6 is 0 Å². The molecule has 2 aromatic carbocycles. The van der Waals surface area contributed by atoms with E-state index in [4.69, 9.17) is 9.47 Å². The van der Waals surface area contributed by atoms with Crippen molar-refractivity contribution in [3.05, 3.63) is 65.7 Å². The lowest BCUT2D eigenvalue weighted by atomic mass is 9.90. The Bertz CT molecular complexity index is 803. The minimum atomic E-state index is -0.371. The Morgan fingerprint density at radius 1 is 1.10 bits per heavy atom. The third-order valence-electron chi connectivity index (χ3n) is 5.60. The summed E-state index contributed by atoms with van der Waals surface area (Å²) in [7, 11) is 1.62. The Balaban J connectivity index is 1.68. The molecule has 1 heterocycles. The van der Waals surface area contributed by atoms with Crippen LogP contribution in [0.2, 0.25) is 0 Å². The van der Waals surface area contributed by atoms with E-state index < -0.39 is 0 Å². The molecular formula is C24H29NO4. The molecule has 0 saturated carbocycles. The van der Waals surface area contributed by atoms with Crippen LogP contribution in [0.5, 0.6) is 5.75 Å². The van der Waals surface area contributed by atoms with E-state index in [1.165, 1.54) is 0 Å². The Hall–Kier alpha value is -2.66. The van der Waals surface area contributed by atoms with Gasteiger partial charge in [-0.3, -0.25) is 9.69 Å². The van der Waals surface area contributed by atoms with Crippen LogP contribution < -0.4 is 4.74 Å². The molecule has 1 fully saturated rings. The molecule has 0 spiro atoms. The van der Waals surface area contributed by atoms with Gasteiger partial charge in [-0.25, -0.2) is 0 Å². The number of aldehydes is 1. The summed E-state index contributed by atoms with van der Waals surface area (Å²) < 4.78 is 10.8. The van der Waals surface area contributed by atoms with Crippen LogP contribution in [0.4, 0.5) is 0 Å². The van der Waals surface area contributed by atoms with Gasteiger partial charge in [-0.05, 0) is 29.2 Å². The summed E-state index contributed by atoms with van der Waals surface area (Å²) in [6.45, 7) is 5.51. The smallest absolute Gasteiger partial charge is 0.323 e. The number of hydrogen-bond donors (Lipinski definition) is 0. The molecule has 0 N–H and O–H groups in total. The molecule has 5 heteroatoms. The lowest BCUT2D eigenvalue weighted by Gasteiger charge is -2.29. The fourth-order valence-corrected chi connectivity index (χ4v) is 4.08. The van der Waals surface area contributed by atoms with Crippen LogP contribution in [0.3, 0.4) is 0 Å². The zero-order valence-electron chi connectivity index (χ0n) is 17.3. The first-order valence-electron chi connectivity index (χ1n) is 10.1. The van der Waals surface area contributed by atoms with Gasteiger partial charge in [-0.2, -0.15) is 0 Å². The summed E-state index contributed by atoms with van der Waals surface area (Å²) in [6.07, 6.45) is 1.03. The molecule has 3 rings (SSSR count). The van der Waals surface area contributed by atoms with Crippen molar-refractivity contribution >= 4 is 12.3 Å². The minimum absolute atomic E-state index is 0.0835. The normalized spacial score (nSPS) is 20.4. The van der Waals surface area contributed by atoms with Gasteiger partial charge in [0.25, 0.3) is 0 Å². The van der Waals surface area contributed by atoms with Gasteiger partial charge in [0, 0.05) is 24.9 Å². The van der Waals surface area contributed by atoms with E-state index >= 15 is 0 Å². The molecule has 3 atom stereocenters. The van der Waals surface area contributed by atoms with Gasteiger partial charge in [0.05, 0.1) is 7.11 Å². The summed E-state index contributed by atoms with van der Waals surface area (Å²) in [6, 6.07) is 17.2. The van der Waals surface area contributed by atoms with Crippen LogP contribution in [0.1, 0.15) is 30.9 Å². The van der Waals surface area contributed by atoms with Gasteiger partial charge in [-0.1, -0.05) is 56.3 Å². The zero-order chi connectivity index (χ0) is 20.8. The second kappa shape index (κ2) is 9.70. The van der Waals surface area contributed by atoms with Crippen LogP contribution in [0.15, 0.2) is 54.6 Å². The molecule has 1 saturated heterocycles. The first kappa shape index (κ1) is 21.1. The highest BCUT2D eigenvalue weighted by Gasteiger charge is 2.41. The van der Waals surface area contributed by atoms with E-state index in [0.717, 1.165) is 23.2 Å². The fourth-order valence-electron chi connectivity index (χ4n) is 4.08. The molecule has 29 heavy (non-hydrogen) atoms. The van der Waals surface area contributed by atoms with Gasteiger partial charge >= 0.3 is 5.97 Å². The molecule has 2 aromatic rings. The molecule has 5 nitrogen and oxygen atoms in total. The van der Waals surface area contributed by atoms with E-state index in [1.54, 1.807) is 7.11 Å². The molecule has 154 valence electrons. The van der Waals surface area contributed by atoms with E-state index in [2.05, 4.69) is 17.0 Å². The number of likely N-dealkylation sites (tertiary alicyclic amines) is 1. The summed E-state index contributed by atoms with van der Waals surface area (Å²) in [5, 5.41) is 0. The second-order valence-corrected chi connectivity index (χ2v) is 7.92. The topological polar surface area (TPSA) is 55.8 Å². The van der Waals surface area contributed by atoms with Crippen LogP contribution in [-0.2, 0) is 20.9 Å². The van der Waals surface area contributed by atoms with Gasteiger partial charge < -0.3 is 14.3 Å². The number of carbonyl (C=O) groups excluding carboxylic acids is 2. The number of esters is 1. The second-order valence-electron chi connectivity index (χ2n) is 7.92. The van der Waals surface area contributed by atoms with E-state index in [1.807, 2.05) is 56.3 Å². The van der Waals surface area contributed by atoms with E-state index in [9.17, 15) is 9.59 Å². The number of ether oxygens (including phenoxy) is 2. The first-order valence-corrected chi connectivity index (χ1v) is 10.1. The lowest BCUT2D eigenvalue weighted by molar-refractivity contribution is -0.153. The Morgan fingerprint density at radius 3 is 2.38 bits per heavy atom. The molecule has 0 bridgehead atoms. The van der Waals surface area contributed by atoms with Gasteiger partial charge in [0.1, 0.15) is 24.7 Å². The van der Waals surface area contributed by atoms with Crippen LogP contribution in [0, 0.1) is 11.8 Å². The van der Waals surface area contributed by atoms with Gasteiger partial charge in [0.2, 0.25) is 0 Å². The number of benzene rings is 2. The minimum Gasteiger partial charge on any atom is -0.497 e. The average molecular weight is 395 g/mol. The third-order valence-corrected chi connectivity index (χ3v) is 5.60. The maximum atomic E-state index is 12.9. The number of hydrogen-bond acceptors (Lipinski definition) is 5. The van der Waals surface area contributed by atoms with Crippen molar-refractivity contribution in [3.63, 3.8) is 0 Å². The van der Waals surface area contributed by atoms with Crippen molar-refractivity contribution in [2.24, 2.45) is 11.8 Å². The van der Waals surface area contributed by atoms with Crippen molar-refractivity contribution in [1.29, 1.82) is 0 Å². The Morgan fingerprint density at radius 2 is 1.79 bits per heavy atom. The van der Waals surface area contributed by atoms with Crippen molar-refractivity contribution in [1.82, 2.24) is 4.90 Å². The van der Waals surface area contributed by atoms with Crippen LogP contribution in [0.25, 0.3) is 0 Å². The number of carbonyl (C=O) groups is 2. The van der Waals surface area contributed by atoms with Gasteiger partial charge in [-0.15, -0.1) is 0 Å². The van der Waals surface area contributed by atoms with Crippen molar-refractivity contribution in [2.45, 2.75) is 32.4 Å². The maximum absolute atomic E-state index is 12.9. The monoisotopic (exact) mass is 395 g/mol. The average Bonchev–Trinajstić information content (AvgIpc) is 3.17. The van der Waals surface area contributed by atoms with Gasteiger partial charge in [0.15, 0.2) is 0 Å². The van der Waals surface area contributed by atoms with Crippen molar-refractivity contribution in [2.75, 3.05) is 20.2 Å². The van der Waals surface area contributed by atoms with E-state index in [-0.39, 0.29) is 36.4 Å². The molecule has 0 aliphatic carbocycles. The molecule has 1 aliphatic rings. The summed E-state index contributed by atoms with van der Waals surface area (Å²) in [5.74, 6) is 0.593. The van der Waals surface area contributed by atoms with Crippen molar-refractivity contribution in [3.8, 4) is 5.75 Å². The summed E-state index contributed by atoms with van der Waals surface area (Å²) >= 11 is 0. The standard InChI is InChI=1S/C24H29NO4/c1-17(2)23(24(27)29-16-18-9-11-21(28-3)12-10-18)25-13-20(15-26)22(14-25)19-7-5-4-6-8-19/h4-12,15,17,20,22-23H,13-14,16H2,1-3H3. The number of rotatable bonds is 8. The molecule has 0 amide bonds. The molecule has 0 radical (unpaired) electrons. The fraction of sp³-hybridized carbons (Fsp3) is 0.417. The quantitative estimate of drug-likeness (QED) is 0.504. The zero-order valence-corrected chi connectivity index (χ0v) is 17.3. The largest absolute Gasteiger partial charge is 0.497 e. The predicted molar refractivity (Wildman–Crippen MR) is 112 cm³/mol. The highest BCUT2D eigenvalue weighted by atomic mass is 16.5. The maximum Gasteiger partial charge on any atom is 0.323 e. The SMILES string of the molecule is COc1ccc(COC(=O)C(C(C)C)N2CC(C=O)C(c3ccccc3)C2)cc1. The first-order chi connectivity index (χ1) is 14.0. The highest BCUT2D eigenvalue weighted by molar-refractivity contribution is 5.76. The van der Waals surface area contributed by atoms with E-state index in [0.29, 0.717) is 13.1 Å². The Kier molecular flexibility index (Phi) is 7.04. The predicted octanol–water partition coefficient (Wildman–Crippen LogP) is 3.68. The Labute approximate surface area is 172 Å². The molecule has 3 unspecified atom stereocenters. The molecule has 0 aromatic heterocycles. The lowest BCUT2D eigenvalue weighted by Crippen LogP contribution is -2.44. The molecular weight excluding hydrogens is 366 g/mol. The van der Waals surface area contributed by atoms with Crippen molar-refractivity contribution < 1.29 is 19.1 Å². The molecule has 1 aliphatic heterocycles. The van der Waals surface area contributed by atoms with Crippen LogP contribution in [-0.4, -0.2) is 43.4 Å². The highest BCUT2D eigenvalue weighted by Crippen LogP contribution is 2.34. The third kappa shape index (κ3) is 5.04. The number of methoxy groups -OCH3 is 1. The summed E-state index contributed by atoms with van der Waals surface area (Å²) in [5.41, 5.74) is 2.05. The number of nitrogens with zero attached hydrogens (tertiary/aromatic N) is 1.